The normalized spacial score (nSPS) is 17.0. The minimum atomic E-state index is -0.482. The smallest absolute Gasteiger partial charge is 0.338 e. The predicted octanol–water partition coefficient (Wildman–Crippen LogP) is 2.18. The first-order valence-electron chi connectivity index (χ1n) is 6.80. The van der Waals surface area contributed by atoms with Gasteiger partial charge in [0, 0.05) is 10.7 Å². The van der Waals surface area contributed by atoms with Gasteiger partial charge in [0.15, 0.2) is 0 Å². The number of carbonyl (C=O) groups excluding carboxylic acids is 1. The maximum Gasteiger partial charge on any atom is 0.338 e. The quantitative estimate of drug-likeness (QED) is 0.873. The Morgan fingerprint density at radius 3 is 3.05 bits per heavy atom. The van der Waals surface area contributed by atoms with Gasteiger partial charge in [0.2, 0.25) is 5.95 Å². The monoisotopic (exact) mass is 319 g/mol. The van der Waals surface area contributed by atoms with Gasteiger partial charge in [-0.25, -0.2) is 4.79 Å². The number of nitrogens with one attached hydrogen (secondary N) is 1. The van der Waals surface area contributed by atoms with Crippen molar-refractivity contribution in [1.29, 1.82) is 0 Å². The fourth-order valence-electron chi connectivity index (χ4n) is 2.47. The molecule has 0 fully saturated rings. The summed E-state index contributed by atoms with van der Waals surface area (Å²) < 4.78 is 6.72. The molecule has 8 heteroatoms. The predicted molar refractivity (Wildman–Crippen MR) is 80.4 cm³/mol. The van der Waals surface area contributed by atoms with Gasteiger partial charge in [0.1, 0.15) is 6.04 Å². The molecule has 1 aromatic carbocycles. The highest BCUT2D eigenvalue weighted by Gasteiger charge is 2.34. The molecule has 2 aromatic rings. The third-order valence-electron chi connectivity index (χ3n) is 3.37. The molecule has 3 rings (SSSR count). The number of ether oxygens (including phenoxy) is 1. The van der Waals surface area contributed by atoms with Crippen molar-refractivity contribution in [2.45, 2.75) is 19.9 Å². The average Bonchev–Trinajstić information content (AvgIpc) is 2.93. The van der Waals surface area contributed by atoms with Crippen LogP contribution >= 0.6 is 11.6 Å². The van der Waals surface area contributed by atoms with Crippen LogP contribution < -0.4 is 5.32 Å². The van der Waals surface area contributed by atoms with E-state index >= 15 is 0 Å². The van der Waals surface area contributed by atoms with Crippen molar-refractivity contribution >= 4 is 23.5 Å². The Hall–Kier alpha value is -2.41. The van der Waals surface area contributed by atoms with E-state index in [4.69, 9.17) is 16.3 Å². The van der Waals surface area contributed by atoms with Gasteiger partial charge in [-0.15, -0.1) is 0 Å². The SMILES string of the molecule is CCOC(=O)C1=C(C)Nc2nnnn2C1c1cccc(Cl)c1. The molecular formula is C14H14ClN5O2. The van der Waals surface area contributed by atoms with E-state index in [-0.39, 0.29) is 0 Å². The highest BCUT2D eigenvalue weighted by Crippen LogP contribution is 2.35. The second-order valence-corrected chi connectivity index (χ2v) is 5.23. The van der Waals surface area contributed by atoms with Gasteiger partial charge in [0.25, 0.3) is 0 Å². The third kappa shape index (κ3) is 2.43. The first kappa shape index (κ1) is 14.5. The first-order chi connectivity index (χ1) is 10.6. The van der Waals surface area contributed by atoms with Crippen LogP contribution in [0.2, 0.25) is 5.02 Å². The Morgan fingerprint density at radius 1 is 1.50 bits per heavy atom. The van der Waals surface area contributed by atoms with Crippen LogP contribution in [0.4, 0.5) is 5.95 Å². The van der Waals surface area contributed by atoms with Gasteiger partial charge >= 0.3 is 5.97 Å². The van der Waals surface area contributed by atoms with E-state index < -0.39 is 12.0 Å². The Bertz CT molecular complexity index is 755. The summed E-state index contributed by atoms with van der Waals surface area (Å²) in [6.45, 7) is 3.85. The number of rotatable bonds is 3. The van der Waals surface area contributed by atoms with Crippen LogP contribution in [0.3, 0.4) is 0 Å². The summed E-state index contributed by atoms with van der Waals surface area (Å²) >= 11 is 6.08. The lowest BCUT2D eigenvalue weighted by Crippen LogP contribution is -2.29. The molecule has 1 N–H and O–H groups in total. The summed E-state index contributed by atoms with van der Waals surface area (Å²) in [7, 11) is 0. The number of esters is 1. The van der Waals surface area contributed by atoms with Gasteiger partial charge in [-0.3, -0.25) is 0 Å². The molecule has 2 heterocycles. The number of hydrogen-bond acceptors (Lipinski definition) is 6. The molecular weight excluding hydrogens is 306 g/mol. The second kappa shape index (κ2) is 5.76. The molecule has 0 saturated carbocycles. The molecule has 0 amide bonds. The maximum atomic E-state index is 12.4. The first-order valence-corrected chi connectivity index (χ1v) is 7.18. The Morgan fingerprint density at radius 2 is 2.32 bits per heavy atom. The van der Waals surface area contributed by atoms with Crippen LogP contribution in [0.15, 0.2) is 35.5 Å². The van der Waals surface area contributed by atoms with Crippen LogP contribution in [0.5, 0.6) is 0 Å². The van der Waals surface area contributed by atoms with Gasteiger partial charge in [0.05, 0.1) is 12.2 Å². The molecule has 1 aliphatic heterocycles. The van der Waals surface area contributed by atoms with Gasteiger partial charge < -0.3 is 10.1 Å². The summed E-state index contributed by atoms with van der Waals surface area (Å²) in [6, 6.07) is 6.77. The lowest BCUT2D eigenvalue weighted by atomic mass is 9.96. The number of halogens is 1. The number of benzene rings is 1. The fraction of sp³-hybridized carbons (Fsp3) is 0.286. The zero-order valence-corrected chi connectivity index (χ0v) is 12.8. The third-order valence-corrected chi connectivity index (χ3v) is 3.61. The molecule has 1 aliphatic rings. The summed E-state index contributed by atoms with van der Waals surface area (Å²) in [5.41, 5.74) is 1.93. The lowest BCUT2D eigenvalue weighted by molar-refractivity contribution is -0.139. The number of aromatic nitrogens is 4. The number of anilines is 1. The van der Waals surface area contributed by atoms with E-state index in [0.717, 1.165) is 5.56 Å². The van der Waals surface area contributed by atoms with Crippen molar-refractivity contribution in [1.82, 2.24) is 20.2 Å². The van der Waals surface area contributed by atoms with Crippen LogP contribution in [0, 0.1) is 0 Å². The molecule has 1 aromatic heterocycles. The molecule has 22 heavy (non-hydrogen) atoms. The van der Waals surface area contributed by atoms with Crippen LogP contribution in [-0.4, -0.2) is 32.8 Å². The van der Waals surface area contributed by atoms with E-state index in [1.807, 2.05) is 12.1 Å². The zero-order chi connectivity index (χ0) is 15.7. The summed E-state index contributed by atoms with van der Waals surface area (Å²) in [4.78, 5) is 12.4. The fourth-order valence-corrected chi connectivity index (χ4v) is 2.67. The Kier molecular flexibility index (Phi) is 3.81. The molecule has 114 valence electrons. The van der Waals surface area contributed by atoms with E-state index in [1.165, 1.54) is 0 Å². The molecule has 1 unspecified atom stereocenters. The van der Waals surface area contributed by atoms with Crippen molar-refractivity contribution in [3.8, 4) is 0 Å². The van der Waals surface area contributed by atoms with Crippen molar-refractivity contribution < 1.29 is 9.53 Å². The van der Waals surface area contributed by atoms with Gasteiger partial charge in [-0.1, -0.05) is 28.8 Å². The summed E-state index contributed by atoms with van der Waals surface area (Å²) in [5, 5.41) is 15.2. The molecule has 0 radical (unpaired) electrons. The van der Waals surface area contributed by atoms with Crippen molar-refractivity contribution in [2.75, 3.05) is 11.9 Å². The molecule has 0 saturated heterocycles. The minimum Gasteiger partial charge on any atom is -0.463 e. The Labute approximate surface area is 131 Å². The number of fused-ring (bicyclic) bond motifs is 1. The largest absolute Gasteiger partial charge is 0.463 e. The van der Waals surface area contributed by atoms with Crippen LogP contribution in [0.1, 0.15) is 25.5 Å². The van der Waals surface area contributed by atoms with Crippen LogP contribution in [-0.2, 0) is 9.53 Å². The molecule has 1 atom stereocenters. The highest BCUT2D eigenvalue weighted by atomic mass is 35.5. The summed E-state index contributed by atoms with van der Waals surface area (Å²) in [6.07, 6.45) is 0. The minimum absolute atomic E-state index is 0.292. The topological polar surface area (TPSA) is 81.9 Å². The number of allylic oxidation sites excluding steroid dienone is 1. The number of carbonyl (C=O) groups is 1. The van der Waals surface area contributed by atoms with E-state index in [0.29, 0.717) is 28.8 Å². The van der Waals surface area contributed by atoms with E-state index in [1.54, 1.807) is 30.7 Å². The molecule has 0 aliphatic carbocycles. The van der Waals surface area contributed by atoms with E-state index in [9.17, 15) is 4.79 Å². The molecule has 7 nitrogen and oxygen atoms in total. The molecule has 0 bridgehead atoms. The Balaban J connectivity index is 2.15. The van der Waals surface area contributed by atoms with Crippen LogP contribution in [0.25, 0.3) is 0 Å². The van der Waals surface area contributed by atoms with Crippen molar-refractivity contribution in [3.05, 3.63) is 46.1 Å². The van der Waals surface area contributed by atoms with Gasteiger partial charge in [-0.05, 0) is 42.0 Å². The maximum absolute atomic E-state index is 12.4. The standard InChI is InChI=1S/C14H14ClN5O2/c1-3-22-13(21)11-8(2)16-14-17-18-19-20(14)12(11)9-5-4-6-10(15)7-9/h4-7,12H,3H2,1-2H3,(H,16,17,19). The average molecular weight is 320 g/mol. The second-order valence-electron chi connectivity index (χ2n) is 4.79. The van der Waals surface area contributed by atoms with Crippen molar-refractivity contribution in [2.24, 2.45) is 0 Å². The number of hydrogen-bond donors (Lipinski definition) is 1. The van der Waals surface area contributed by atoms with Gasteiger partial charge in [-0.2, -0.15) is 4.68 Å². The van der Waals surface area contributed by atoms with E-state index in [2.05, 4.69) is 20.8 Å². The molecule has 0 spiro atoms. The number of tetrazole rings is 1. The highest BCUT2D eigenvalue weighted by molar-refractivity contribution is 6.30. The summed E-state index contributed by atoms with van der Waals surface area (Å²) in [5.74, 6) is 0.0640. The van der Waals surface area contributed by atoms with Crippen molar-refractivity contribution in [3.63, 3.8) is 0 Å². The number of nitrogens with zero attached hydrogens (tertiary/aromatic N) is 4. The lowest BCUT2D eigenvalue weighted by Gasteiger charge is -2.27. The zero-order valence-electron chi connectivity index (χ0n) is 12.1.